The van der Waals surface area contributed by atoms with Gasteiger partial charge in [0.15, 0.2) is 5.65 Å². The molecule has 0 aliphatic rings. The van der Waals surface area contributed by atoms with Crippen LogP contribution in [0.5, 0.6) is 11.6 Å². The molecule has 0 saturated heterocycles. The SMILES string of the molecule is Cn1ncc2c(Oc3ccc(CN)c(Cl)c3)ncnc21. The quantitative estimate of drug-likeness (QED) is 0.800. The van der Waals surface area contributed by atoms with Crippen molar-refractivity contribution < 1.29 is 4.74 Å². The van der Waals surface area contributed by atoms with Crippen molar-refractivity contribution in [1.29, 1.82) is 0 Å². The van der Waals surface area contributed by atoms with E-state index >= 15 is 0 Å². The van der Waals surface area contributed by atoms with Gasteiger partial charge >= 0.3 is 0 Å². The van der Waals surface area contributed by atoms with Crippen LogP contribution < -0.4 is 10.5 Å². The molecule has 1 aromatic carbocycles. The zero-order valence-electron chi connectivity index (χ0n) is 10.7. The Bertz CT molecular complexity index is 771. The molecule has 7 heteroatoms. The van der Waals surface area contributed by atoms with E-state index in [4.69, 9.17) is 22.1 Å². The lowest BCUT2D eigenvalue weighted by Crippen LogP contribution is -1.97. The maximum atomic E-state index is 6.11. The van der Waals surface area contributed by atoms with Crippen LogP contribution in [0.4, 0.5) is 0 Å². The van der Waals surface area contributed by atoms with Crippen molar-refractivity contribution in [3.63, 3.8) is 0 Å². The Morgan fingerprint density at radius 2 is 2.20 bits per heavy atom. The van der Waals surface area contributed by atoms with Crippen molar-refractivity contribution in [2.45, 2.75) is 6.54 Å². The number of halogens is 1. The zero-order valence-corrected chi connectivity index (χ0v) is 11.5. The minimum atomic E-state index is 0.388. The molecule has 0 fully saturated rings. The minimum Gasteiger partial charge on any atom is -0.438 e. The van der Waals surface area contributed by atoms with Gasteiger partial charge in [-0.25, -0.2) is 9.97 Å². The van der Waals surface area contributed by atoms with Crippen LogP contribution in [0, 0.1) is 0 Å². The van der Waals surface area contributed by atoms with Gasteiger partial charge in [0.05, 0.1) is 6.20 Å². The fourth-order valence-corrected chi connectivity index (χ4v) is 2.14. The summed E-state index contributed by atoms with van der Waals surface area (Å²) in [7, 11) is 1.81. The third-order valence-corrected chi connectivity index (χ3v) is 3.30. The van der Waals surface area contributed by atoms with Gasteiger partial charge in [-0.2, -0.15) is 5.10 Å². The second kappa shape index (κ2) is 5.07. The molecule has 3 aromatic rings. The number of hydrogen-bond donors (Lipinski definition) is 1. The maximum absolute atomic E-state index is 6.11. The van der Waals surface area contributed by atoms with Crippen LogP contribution in [-0.4, -0.2) is 19.7 Å². The first kappa shape index (κ1) is 12.8. The van der Waals surface area contributed by atoms with Crippen LogP contribution in [0.2, 0.25) is 5.02 Å². The minimum absolute atomic E-state index is 0.388. The average Bonchev–Trinajstić information content (AvgIpc) is 2.82. The van der Waals surface area contributed by atoms with Crippen molar-refractivity contribution in [2.24, 2.45) is 12.8 Å². The van der Waals surface area contributed by atoms with Crippen LogP contribution in [0.3, 0.4) is 0 Å². The van der Waals surface area contributed by atoms with Gasteiger partial charge in [-0.15, -0.1) is 0 Å². The monoisotopic (exact) mass is 289 g/mol. The normalized spacial score (nSPS) is 10.9. The van der Waals surface area contributed by atoms with Gasteiger partial charge in [-0.1, -0.05) is 17.7 Å². The second-order valence-electron chi connectivity index (χ2n) is 4.24. The van der Waals surface area contributed by atoms with Crippen LogP contribution >= 0.6 is 11.6 Å². The van der Waals surface area contributed by atoms with Crippen molar-refractivity contribution in [3.8, 4) is 11.6 Å². The van der Waals surface area contributed by atoms with E-state index in [1.165, 1.54) is 6.33 Å². The summed E-state index contributed by atoms with van der Waals surface area (Å²) in [6, 6.07) is 5.35. The Balaban J connectivity index is 1.99. The van der Waals surface area contributed by atoms with Crippen LogP contribution in [0.1, 0.15) is 5.56 Å². The third-order valence-electron chi connectivity index (χ3n) is 2.95. The standard InChI is InChI=1S/C13H12ClN5O/c1-19-12-10(6-18-19)13(17-7-16-12)20-9-3-2-8(5-15)11(14)4-9/h2-4,6-7H,5,15H2,1H3. The molecule has 0 bridgehead atoms. The topological polar surface area (TPSA) is 78.9 Å². The molecule has 0 spiro atoms. The summed E-state index contributed by atoms with van der Waals surface area (Å²) in [5, 5.41) is 5.45. The van der Waals surface area contributed by atoms with Crippen molar-refractivity contribution in [2.75, 3.05) is 0 Å². The number of benzene rings is 1. The number of ether oxygens (including phenoxy) is 1. The Morgan fingerprint density at radius 1 is 1.35 bits per heavy atom. The van der Waals surface area contributed by atoms with E-state index < -0.39 is 0 Å². The van der Waals surface area contributed by atoms with E-state index in [2.05, 4.69) is 15.1 Å². The van der Waals surface area contributed by atoms with Crippen molar-refractivity contribution in [1.82, 2.24) is 19.7 Å². The molecule has 20 heavy (non-hydrogen) atoms. The fourth-order valence-electron chi connectivity index (χ4n) is 1.89. The summed E-state index contributed by atoms with van der Waals surface area (Å²) in [6.07, 6.45) is 3.11. The highest BCUT2D eigenvalue weighted by Crippen LogP contribution is 2.29. The van der Waals surface area contributed by atoms with E-state index in [9.17, 15) is 0 Å². The van der Waals surface area contributed by atoms with Gasteiger partial charge in [0.25, 0.3) is 0 Å². The van der Waals surface area contributed by atoms with Crippen LogP contribution in [0.15, 0.2) is 30.7 Å². The Labute approximate surface area is 120 Å². The summed E-state index contributed by atoms with van der Waals surface area (Å²) in [4.78, 5) is 8.29. The molecule has 0 amide bonds. The van der Waals surface area contributed by atoms with Gasteiger partial charge in [0.2, 0.25) is 5.88 Å². The van der Waals surface area contributed by atoms with E-state index in [0.717, 1.165) is 10.9 Å². The number of nitrogens with zero attached hydrogens (tertiary/aromatic N) is 4. The molecule has 0 aliphatic carbocycles. The summed E-state index contributed by atoms with van der Waals surface area (Å²) >= 11 is 6.11. The Morgan fingerprint density at radius 3 is 2.95 bits per heavy atom. The van der Waals surface area contributed by atoms with Crippen LogP contribution in [-0.2, 0) is 13.6 Å². The molecule has 6 nitrogen and oxygen atoms in total. The molecule has 0 atom stereocenters. The number of hydrogen-bond acceptors (Lipinski definition) is 5. The number of aryl methyl sites for hydroxylation is 1. The van der Waals surface area contributed by atoms with Gasteiger partial charge in [-0.3, -0.25) is 4.68 Å². The highest BCUT2D eigenvalue weighted by molar-refractivity contribution is 6.31. The Kier molecular flexibility index (Phi) is 3.25. The Hall–Kier alpha value is -2.18. The average molecular weight is 290 g/mol. The molecule has 2 aromatic heterocycles. The van der Waals surface area contributed by atoms with E-state index in [1.807, 2.05) is 13.1 Å². The van der Waals surface area contributed by atoms with E-state index in [1.54, 1.807) is 23.0 Å². The number of rotatable bonds is 3. The predicted octanol–water partition coefficient (Wildman–Crippen LogP) is 2.27. The lowest BCUT2D eigenvalue weighted by atomic mass is 10.2. The first-order valence-electron chi connectivity index (χ1n) is 5.98. The third kappa shape index (κ3) is 2.19. The first-order chi connectivity index (χ1) is 9.69. The maximum Gasteiger partial charge on any atom is 0.233 e. The molecule has 0 saturated carbocycles. The summed E-state index contributed by atoms with van der Waals surface area (Å²) < 4.78 is 7.42. The molecule has 0 unspecified atom stereocenters. The van der Waals surface area contributed by atoms with E-state index in [-0.39, 0.29) is 0 Å². The molecule has 2 N–H and O–H groups in total. The summed E-state index contributed by atoms with van der Waals surface area (Å²) in [5.41, 5.74) is 7.15. The molecule has 0 radical (unpaired) electrons. The van der Waals surface area contributed by atoms with Crippen molar-refractivity contribution >= 4 is 22.6 Å². The lowest BCUT2D eigenvalue weighted by molar-refractivity contribution is 0.468. The highest BCUT2D eigenvalue weighted by atomic mass is 35.5. The van der Waals surface area contributed by atoms with Gasteiger partial charge in [0, 0.05) is 18.6 Å². The molecule has 102 valence electrons. The molecule has 0 aliphatic heterocycles. The molecular formula is C13H12ClN5O. The molecule has 3 rings (SSSR count). The lowest BCUT2D eigenvalue weighted by Gasteiger charge is -2.07. The zero-order chi connectivity index (χ0) is 14.1. The second-order valence-corrected chi connectivity index (χ2v) is 4.65. The van der Waals surface area contributed by atoms with Crippen LogP contribution in [0.25, 0.3) is 11.0 Å². The first-order valence-corrected chi connectivity index (χ1v) is 6.36. The smallest absolute Gasteiger partial charge is 0.233 e. The summed E-state index contributed by atoms with van der Waals surface area (Å²) in [5.74, 6) is 1.04. The van der Waals surface area contributed by atoms with E-state index in [0.29, 0.717) is 28.8 Å². The number of fused-ring (bicyclic) bond motifs is 1. The van der Waals surface area contributed by atoms with Gasteiger partial charge < -0.3 is 10.5 Å². The van der Waals surface area contributed by atoms with Gasteiger partial charge in [-0.05, 0) is 17.7 Å². The molecule has 2 heterocycles. The largest absolute Gasteiger partial charge is 0.438 e. The molecular weight excluding hydrogens is 278 g/mol. The summed E-state index contributed by atoms with van der Waals surface area (Å²) in [6.45, 7) is 0.388. The van der Waals surface area contributed by atoms with Crippen molar-refractivity contribution in [3.05, 3.63) is 41.3 Å². The fraction of sp³-hybridized carbons (Fsp3) is 0.154. The predicted molar refractivity (Wildman–Crippen MR) is 75.7 cm³/mol. The number of nitrogens with two attached hydrogens (primary N) is 1. The number of aromatic nitrogens is 4. The highest BCUT2D eigenvalue weighted by Gasteiger charge is 2.10. The van der Waals surface area contributed by atoms with Gasteiger partial charge in [0.1, 0.15) is 17.5 Å².